The minimum absolute atomic E-state index is 0.0376. The van der Waals surface area contributed by atoms with Crippen LogP contribution in [0.2, 0.25) is 20.1 Å². The number of morpholine rings is 1. The van der Waals surface area contributed by atoms with Crippen molar-refractivity contribution in [2.75, 3.05) is 39.4 Å². The van der Waals surface area contributed by atoms with Crippen LogP contribution in [-0.4, -0.2) is 61.3 Å². The molecule has 2 N–H and O–H groups in total. The molecule has 0 spiro atoms. The van der Waals surface area contributed by atoms with Crippen molar-refractivity contribution in [1.29, 1.82) is 0 Å². The molecule has 0 radical (unpaired) electrons. The lowest BCUT2D eigenvalue weighted by Gasteiger charge is -2.26. The predicted octanol–water partition coefficient (Wildman–Crippen LogP) is 8.06. The third-order valence-corrected chi connectivity index (χ3v) is 9.56. The van der Waals surface area contributed by atoms with Gasteiger partial charge in [0.1, 0.15) is 0 Å². The number of nitrogens with one attached hydrogen (secondary N) is 1. The van der Waals surface area contributed by atoms with Crippen LogP contribution in [0.5, 0.6) is 0 Å². The molecule has 1 amide bonds. The number of carboxylic acids is 1. The number of hydrogen-bond donors (Lipinski definition) is 2. The number of nitrogens with zero attached hydrogens (tertiary/aromatic N) is 1. The molecule has 6 nitrogen and oxygen atoms in total. The summed E-state index contributed by atoms with van der Waals surface area (Å²) >= 11 is 27.1. The van der Waals surface area contributed by atoms with Gasteiger partial charge in [-0.15, -0.1) is 22.7 Å². The van der Waals surface area contributed by atoms with E-state index in [9.17, 15) is 9.59 Å². The third kappa shape index (κ3) is 9.96. The van der Waals surface area contributed by atoms with Crippen LogP contribution >= 0.6 is 69.1 Å². The fraction of sp³-hybridized carbons (Fsp3) is 0.267. The minimum Gasteiger partial charge on any atom is -0.481 e. The van der Waals surface area contributed by atoms with Gasteiger partial charge in [0.2, 0.25) is 5.91 Å². The Balaban J connectivity index is 0.000000208. The number of carbonyl (C=O) groups excluding carboxylic acids is 1. The first-order valence-electron chi connectivity index (χ1n) is 13.0. The van der Waals surface area contributed by atoms with E-state index in [1.54, 1.807) is 35.6 Å². The van der Waals surface area contributed by atoms with E-state index < -0.39 is 5.97 Å². The van der Waals surface area contributed by atoms with Crippen LogP contribution in [-0.2, 0) is 27.2 Å². The molecule has 4 aromatic rings. The van der Waals surface area contributed by atoms with Gasteiger partial charge in [-0.25, -0.2) is 0 Å². The Kier molecular flexibility index (Phi) is 12.5. The van der Waals surface area contributed by atoms with Gasteiger partial charge in [-0.05, 0) is 48.5 Å². The Labute approximate surface area is 272 Å². The Hall–Kier alpha value is -2.14. The highest BCUT2D eigenvalue weighted by Crippen LogP contribution is 2.36. The maximum Gasteiger partial charge on any atom is 0.308 e. The van der Waals surface area contributed by atoms with Crippen LogP contribution in [0.15, 0.2) is 60.7 Å². The van der Waals surface area contributed by atoms with Crippen molar-refractivity contribution in [2.24, 2.45) is 0 Å². The first-order chi connectivity index (χ1) is 20.2. The summed E-state index contributed by atoms with van der Waals surface area (Å²) in [5, 5.41) is 14.1. The highest BCUT2D eigenvalue weighted by molar-refractivity contribution is 7.16. The fourth-order valence-corrected chi connectivity index (χ4v) is 7.38. The molecule has 1 aliphatic rings. The fourth-order valence-electron chi connectivity index (χ4n) is 4.16. The molecule has 0 unspecified atom stereocenters. The zero-order valence-corrected chi connectivity index (χ0v) is 27.0. The van der Waals surface area contributed by atoms with Gasteiger partial charge < -0.3 is 15.2 Å². The SMILES string of the molecule is O=C(Cc1ccc(-c2ccc(Cl)cc2Cl)s1)NCCN1CCOCC1.O=C(O)Cc1ccc(-c2ccc(Cl)cc2Cl)s1. The highest BCUT2D eigenvalue weighted by Gasteiger charge is 2.13. The Morgan fingerprint density at radius 3 is 1.81 bits per heavy atom. The van der Waals surface area contributed by atoms with Gasteiger partial charge in [0.05, 0.1) is 36.1 Å². The molecule has 5 rings (SSSR count). The molecule has 1 aliphatic heterocycles. The number of rotatable bonds is 9. The van der Waals surface area contributed by atoms with Crippen molar-refractivity contribution < 1.29 is 19.4 Å². The Morgan fingerprint density at radius 1 is 0.786 bits per heavy atom. The Morgan fingerprint density at radius 2 is 1.31 bits per heavy atom. The van der Waals surface area contributed by atoms with E-state index in [1.807, 2.05) is 36.4 Å². The molecule has 42 heavy (non-hydrogen) atoms. The van der Waals surface area contributed by atoms with E-state index in [4.69, 9.17) is 56.2 Å². The van der Waals surface area contributed by atoms with Crippen molar-refractivity contribution >= 4 is 81.0 Å². The molecule has 12 heteroatoms. The number of thiophene rings is 2. The second kappa shape index (κ2) is 16.1. The quantitative estimate of drug-likeness (QED) is 0.186. The van der Waals surface area contributed by atoms with E-state index in [1.165, 1.54) is 11.3 Å². The largest absolute Gasteiger partial charge is 0.481 e. The smallest absolute Gasteiger partial charge is 0.308 e. The van der Waals surface area contributed by atoms with Gasteiger partial charge in [0, 0.05) is 66.9 Å². The van der Waals surface area contributed by atoms with Crippen molar-refractivity contribution in [2.45, 2.75) is 12.8 Å². The number of hydrogen-bond acceptors (Lipinski definition) is 6. The van der Waals surface area contributed by atoms with Crippen molar-refractivity contribution in [3.8, 4) is 20.9 Å². The van der Waals surface area contributed by atoms with Gasteiger partial charge in [0.15, 0.2) is 0 Å². The molecule has 1 saturated heterocycles. The van der Waals surface area contributed by atoms with Gasteiger partial charge >= 0.3 is 5.97 Å². The molecule has 222 valence electrons. The first-order valence-corrected chi connectivity index (χ1v) is 16.2. The molecule has 0 saturated carbocycles. The van der Waals surface area contributed by atoms with Gasteiger partial charge in [-0.2, -0.15) is 0 Å². The average Bonchev–Trinajstić information content (AvgIpc) is 3.59. The molecule has 2 aromatic carbocycles. The summed E-state index contributed by atoms with van der Waals surface area (Å²) in [4.78, 5) is 28.8. The summed E-state index contributed by atoms with van der Waals surface area (Å²) in [5.74, 6) is -0.788. The minimum atomic E-state index is -0.833. The van der Waals surface area contributed by atoms with Crippen LogP contribution in [0.25, 0.3) is 20.9 Å². The summed E-state index contributed by atoms with van der Waals surface area (Å²) < 4.78 is 5.32. The van der Waals surface area contributed by atoms with Crippen LogP contribution < -0.4 is 5.32 Å². The number of halogens is 4. The van der Waals surface area contributed by atoms with Crippen LogP contribution in [0.4, 0.5) is 0 Å². The Bertz CT molecular complexity index is 1520. The summed E-state index contributed by atoms with van der Waals surface area (Å²) in [7, 11) is 0. The molecule has 2 aromatic heterocycles. The maximum absolute atomic E-state index is 12.1. The van der Waals surface area contributed by atoms with Crippen molar-refractivity contribution in [3.05, 3.63) is 90.5 Å². The highest BCUT2D eigenvalue weighted by atomic mass is 35.5. The molecule has 3 heterocycles. The lowest BCUT2D eigenvalue weighted by atomic mass is 10.2. The molecular formula is C30H28Cl4N2O4S2. The standard InChI is InChI=1S/C18H20Cl2N2O2S.C12H8Cl2O2S/c19-13-1-3-15(16(20)11-13)17-4-2-14(25-17)12-18(23)21-5-6-22-7-9-24-10-8-22;13-7-1-3-9(10(14)5-7)11-4-2-8(17-11)6-12(15)16/h1-4,11H,5-10,12H2,(H,21,23);1-5H,6H2,(H,15,16). The number of aliphatic carboxylic acids is 1. The zero-order valence-electron chi connectivity index (χ0n) is 22.4. The van der Waals surface area contributed by atoms with E-state index in [0.29, 0.717) is 33.1 Å². The zero-order chi connectivity index (χ0) is 30.1. The lowest BCUT2D eigenvalue weighted by Crippen LogP contribution is -2.41. The topological polar surface area (TPSA) is 78.9 Å². The third-order valence-electron chi connectivity index (χ3n) is 6.23. The van der Waals surface area contributed by atoms with Crippen LogP contribution in [0.3, 0.4) is 0 Å². The predicted molar refractivity (Wildman–Crippen MR) is 175 cm³/mol. The number of carboxylic acid groups (broad SMARTS) is 1. The molecule has 1 fully saturated rings. The first kappa shape index (κ1) is 32.8. The second-order valence-corrected chi connectivity index (χ2v) is 13.4. The average molecular weight is 687 g/mol. The van der Waals surface area contributed by atoms with E-state index >= 15 is 0 Å². The summed E-state index contributed by atoms with van der Waals surface area (Å²) in [6.07, 6.45) is 0.425. The monoisotopic (exact) mass is 684 g/mol. The number of carbonyl (C=O) groups is 2. The van der Waals surface area contributed by atoms with E-state index in [-0.39, 0.29) is 12.3 Å². The molecule has 0 atom stereocenters. The normalized spacial score (nSPS) is 13.3. The number of benzene rings is 2. The van der Waals surface area contributed by atoms with Gasteiger partial charge in [-0.1, -0.05) is 58.5 Å². The maximum atomic E-state index is 12.1. The molecular weight excluding hydrogens is 658 g/mol. The second-order valence-electron chi connectivity index (χ2n) is 9.33. The van der Waals surface area contributed by atoms with E-state index in [2.05, 4.69) is 10.2 Å². The molecule has 0 aliphatic carbocycles. The summed E-state index contributed by atoms with van der Waals surface area (Å²) in [6, 6.07) is 18.4. The van der Waals surface area contributed by atoms with Crippen LogP contribution in [0.1, 0.15) is 9.75 Å². The van der Waals surface area contributed by atoms with Crippen LogP contribution in [0, 0.1) is 0 Å². The van der Waals surface area contributed by atoms with E-state index in [0.717, 1.165) is 63.5 Å². The summed E-state index contributed by atoms with van der Waals surface area (Å²) in [6.45, 7) is 4.96. The lowest BCUT2D eigenvalue weighted by molar-refractivity contribution is -0.136. The number of ether oxygens (including phenoxy) is 1. The summed E-state index contributed by atoms with van der Waals surface area (Å²) in [5.41, 5.74) is 1.81. The van der Waals surface area contributed by atoms with Gasteiger partial charge in [0.25, 0.3) is 0 Å². The van der Waals surface area contributed by atoms with Gasteiger partial charge in [-0.3, -0.25) is 14.5 Å². The van der Waals surface area contributed by atoms with Crippen molar-refractivity contribution in [1.82, 2.24) is 10.2 Å². The van der Waals surface area contributed by atoms with Crippen molar-refractivity contribution in [3.63, 3.8) is 0 Å². The number of amides is 1. The molecule has 0 bridgehead atoms.